The maximum absolute atomic E-state index is 13.3. The van der Waals surface area contributed by atoms with Crippen molar-refractivity contribution in [3.8, 4) is 0 Å². The van der Waals surface area contributed by atoms with Gasteiger partial charge in [-0.3, -0.25) is 14.9 Å². The molecule has 1 aromatic heterocycles. The van der Waals surface area contributed by atoms with Crippen molar-refractivity contribution in [2.45, 2.75) is 31.8 Å². The predicted molar refractivity (Wildman–Crippen MR) is 121 cm³/mol. The molecule has 4 rings (SSSR count). The van der Waals surface area contributed by atoms with Gasteiger partial charge in [0.05, 0.1) is 4.92 Å². The molecule has 2 aromatic carbocycles. The summed E-state index contributed by atoms with van der Waals surface area (Å²) in [7, 11) is 2.16. The molecule has 1 fully saturated rings. The first-order valence-corrected chi connectivity index (χ1v) is 10.8. The Bertz CT molecular complexity index is 1090. The number of halogens is 1. The first-order valence-electron chi connectivity index (χ1n) is 9.72. The Morgan fingerprint density at radius 2 is 2.03 bits per heavy atom. The third-order valence-corrected chi connectivity index (χ3v) is 6.34. The molecule has 0 radical (unpaired) electrons. The average Bonchev–Trinajstić information content (AvgIpc) is 3.07. The first kappa shape index (κ1) is 20.0. The predicted octanol–water partition coefficient (Wildman–Crippen LogP) is 4.87. The lowest BCUT2D eigenvalue weighted by Gasteiger charge is -2.32. The van der Waals surface area contributed by atoms with Crippen LogP contribution in [0.4, 0.5) is 5.69 Å². The Balaban J connectivity index is 1.75. The van der Waals surface area contributed by atoms with Gasteiger partial charge in [-0.2, -0.15) is 0 Å². The number of nitro groups is 1. The molecule has 3 aromatic rings. The van der Waals surface area contributed by atoms with E-state index in [-0.39, 0.29) is 11.5 Å². The van der Waals surface area contributed by atoms with Crippen LogP contribution in [-0.4, -0.2) is 39.8 Å². The van der Waals surface area contributed by atoms with E-state index in [2.05, 4.69) is 16.5 Å². The molecular weight excluding hydrogens is 481 g/mol. The number of carbonyl (C=O) groups is 1. The van der Waals surface area contributed by atoms with Gasteiger partial charge in [0.1, 0.15) is 0 Å². The largest absolute Gasteiger partial charge is 0.345 e. The zero-order chi connectivity index (χ0) is 20.5. The third kappa shape index (κ3) is 4.06. The van der Waals surface area contributed by atoms with Crippen LogP contribution in [0.25, 0.3) is 10.9 Å². The summed E-state index contributed by atoms with van der Waals surface area (Å²) in [5.41, 5.74) is 1.90. The normalized spacial score (nSPS) is 17.5. The summed E-state index contributed by atoms with van der Waals surface area (Å²) in [5, 5.41) is 12.1. The van der Waals surface area contributed by atoms with Crippen molar-refractivity contribution in [2.75, 3.05) is 13.6 Å². The summed E-state index contributed by atoms with van der Waals surface area (Å²) < 4.78 is 2.84. The van der Waals surface area contributed by atoms with E-state index in [9.17, 15) is 14.9 Å². The monoisotopic (exact) mass is 503 g/mol. The SMILES string of the molecule is CN1CCCCC1Cn1cc(C(=O)c2cc(I)cc([N+](=O)[O-])c2)c2ccccc21. The molecule has 0 amide bonds. The number of nitrogens with zero attached hydrogens (tertiary/aromatic N) is 3. The zero-order valence-corrected chi connectivity index (χ0v) is 18.3. The van der Waals surface area contributed by atoms with Crippen LogP contribution >= 0.6 is 22.6 Å². The Morgan fingerprint density at radius 3 is 2.79 bits per heavy atom. The lowest BCUT2D eigenvalue weighted by Crippen LogP contribution is -2.39. The number of piperidine rings is 1. The summed E-state index contributed by atoms with van der Waals surface area (Å²) in [4.78, 5) is 26.5. The molecule has 1 atom stereocenters. The molecule has 7 heteroatoms. The molecule has 0 aliphatic carbocycles. The average molecular weight is 503 g/mol. The smallest absolute Gasteiger partial charge is 0.271 e. The summed E-state index contributed by atoms with van der Waals surface area (Å²) in [6, 6.07) is 12.9. The second kappa shape index (κ2) is 8.23. The van der Waals surface area contributed by atoms with Gasteiger partial charge >= 0.3 is 0 Å². The molecule has 0 N–H and O–H groups in total. The number of hydrogen-bond acceptors (Lipinski definition) is 4. The van der Waals surface area contributed by atoms with Gasteiger partial charge in [-0.1, -0.05) is 24.6 Å². The lowest BCUT2D eigenvalue weighted by atomic mass is 10.0. The maximum atomic E-state index is 13.3. The molecule has 1 saturated heterocycles. The second-order valence-corrected chi connectivity index (χ2v) is 8.87. The van der Waals surface area contributed by atoms with Crippen molar-refractivity contribution in [1.82, 2.24) is 9.47 Å². The number of fused-ring (bicyclic) bond motifs is 1. The van der Waals surface area contributed by atoms with Gasteiger partial charge < -0.3 is 9.47 Å². The number of rotatable bonds is 5. The van der Waals surface area contributed by atoms with E-state index in [4.69, 9.17) is 0 Å². The van der Waals surface area contributed by atoms with Crippen LogP contribution in [0.15, 0.2) is 48.7 Å². The summed E-state index contributed by atoms with van der Waals surface area (Å²) in [6.07, 6.45) is 5.53. The molecule has 0 saturated carbocycles. The van der Waals surface area contributed by atoms with Crippen LogP contribution in [0.1, 0.15) is 35.2 Å². The topological polar surface area (TPSA) is 68.4 Å². The minimum atomic E-state index is -0.457. The number of non-ortho nitro benzene ring substituents is 1. The molecule has 1 unspecified atom stereocenters. The van der Waals surface area contributed by atoms with Gasteiger partial charge in [-0.05, 0) is 61.2 Å². The number of para-hydroxylation sites is 1. The highest BCUT2D eigenvalue weighted by Gasteiger charge is 2.23. The first-order chi connectivity index (χ1) is 13.9. The summed E-state index contributed by atoms with van der Waals surface area (Å²) >= 11 is 2.01. The molecule has 29 heavy (non-hydrogen) atoms. The summed E-state index contributed by atoms with van der Waals surface area (Å²) in [5.74, 6) is -0.182. The highest BCUT2D eigenvalue weighted by molar-refractivity contribution is 14.1. The van der Waals surface area contributed by atoms with E-state index in [1.807, 2.05) is 53.1 Å². The number of nitro benzene ring substituents is 1. The standard InChI is InChI=1S/C22H22IN3O3/c1-24-9-5-4-6-17(24)13-25-14-20(19-7-2-3-8-21(19)25)22(27)15-10-16(23)12-18(11-15)26(28)29/h2-3,7-8,10-12,14,17H,4-6,9,13H2,1H3. The van der Waals surface area contributed by atoms with Gasteiger partial charge in [0.15, 0.2) is 5.78 Å². The van der Waals surface area contributed by atoms with Gasteiger partial charge in [0, 0.05) is 56.5 Å². The number of likely N-dealkylation sites (tertiary alicyclic amines) is 1. The zero-order valence-electron chi connectivity index (χ0n) is 16.2. The van der Waals surface area contributed by atoms with Crippen molar-refractivity contribution in [1.29, 1.82) is 0 Å². The molecule has 1 aliphatic heterocycles. The number of ketones is 1. The van der Waals surface area contributed by atoms with E-state index < -0.39 is 4.92 Å². The van der Waals surface area contributed by atoms with Crippen LogP contribution in [0.3, 0.4) is 0 Å². The van der Waals surface area contributed by atoms with E-state index >= 15 is 0 Å². The molecular formula is C22H22IN3O3. The fraction of sp³-hybridized carbons (Fsp3) is 0.318. The maximum Gasteiger partial charge on any atom is 0.271 e. The van der Waals surface area contributed by atoms with Crippen molar-refractivity contribution in [2.24, 2.45) is 0 Å². The van der Waals surface area contributed by atoms with Gasteiger partial charge in [0.25, 0.3) is 5.69 Å². The van der Waals surface area contributed by atoms with Crippen LogP contribution in [0.5, 0.6) is 0 Å². The fourth-order valence-corrected chi connectivity index (χ4v) is 4.80. The highest BCUT2D eigenvalue weighted by atomic mass is 127. The Hall–Kier alpha value is -2.26. The molecule has 150 valence electrons. The number of carbonyl (C=O) groups excluding carboxylic acids is 1. The Labute approximate surface area is 182 Å². The molecule has 1 aliphatic rings. The minimum absolute atomic E-state index is 0.0622. The summed E-state index contributed by atoms with van der Waals surface area (Å²) in [6.45, 7) is 1.93. The van der Waals surface area contributed by atoms with E-state index in [1.165, 1.54) is 25.0 Å². The number of hydrogen-bond donors (Lipinski definition) is 0. The quantitative estimate of drug-likeness (QED) is 0.216. The van der Waals surface area contributed by atoms with Crippen LogP contribution < -0.4 is 0 Å². The van der Waals surface area contributed by atoms with Gasteiger partial charge in [-0.25, -0.2) is 0 Å². The number of aromatic nitrogens is 1. The van der Waals surface area contributed by atoms with E-state index in [1.54, 1.807) is 6.07 Å². The third-order valence-electron chi connectivity index (χ3n) is 5.72. The van der Waals surface area contributed by atoms with Crippen molar-refractivity contribution < 1.29 is 9.72 Å². The molecule has 6 nitrogen and oxygen atoms in total. The number of benzene rings is 2. The van der Waals surface area contributed by atoms with Crippen molar-refractivity contribution >= 4 is 45.0 Å². The molecule has 2 heterocycles. The Morgan fingerprint density at radius 1 is 1.24 bits per heavy atom. The number of likely N-dealkylation sites (N-methyl/N-ethyl adjacent to an activating group) is 1. The molecule has 0 bridgehead atoms. The molecule has 0 spiro atoms. The highest BCUT2D eigenvalue weighted by Crippen LogP contribution is 2.28. The van der Waals surface area contributed by atoms with Crippen molar-refractivity contribution in [3.05, 3.63) is 73.5 Å². The Kier molecular flexibility index (Phi) is 5.69. The van der Waals surface area contributed by atoms with Crippen LogP contribution in [0.2, 0.25) is 0 Å². The van der Waals surface area contributed by atoms with Crippen LogP contribution in [0, 0.1) is 13.7 Å². The second-order valence-electron chi connectivity index (χ2n) is 7.63. The van der Waals surface area contributed by atoms with Crippen LogP contribution in [-0.2, 0) is 6.54 Å². The van der Waals surface area contributed by atoms with Gasteiger partial charge in [-0.15, -0.1) is 0 Å². The lowest BCUT2D eigenvalue weighted by molar-refractivity contribution is -0.385. The van der Waals surface area contributed by atoms with E-state index in [0.29, 0.717) is 20.7 Å². The van der Waals surface area contributed by atoms with E-state index in [0.717, 1.165) is 30.4 Å². The minimum Gasteiger partial charge on any atom is -0.345 e. The van der Waals surface area contributed by atoms with Gasteiger partial charge in [0.2, 0.25) is 0 Å². The fourth-order valence-electron chi connectivity index (χ4n) is 4.15. The van der Waals surface area contributed by atoms with Crippen molar-refractivity contribution in [3.63, 3.8) is 0 Å².